The zero-order valence-electron chi connectivity index (χ0n) is 9.89. The van der Waals surface area contributed by atoms with Crippen molar-refractivity contribution in [2.24, 2.45) is 0 Å². The Morgan fingerprint density at radius 1 is 1.26 bits per heavy atom. The average Bonchev–Trinajstić information content (AvgIpc) is 2.36. The molecule has 0 N–H and O–H groups in total. The van der Waals surface area contributed by atoms with Gasteiger partial charge >= 0.3 is 0 Å². The zero-order chi connectivity index (χ0) is 14.0. The van der Waals surface area contributed by atoms with Crippen molar-refractivity contribution in [1.29, 1.82) is 0 Å². The van der Waals surface area contributed by atoms with Crippen molar-refractivity contribution in [2.75, 3.05) is 0 Å². The highest BCUT2D eigenvalue weighted by molar-refractivity contribution is 9.10. The monoisotopic (exact) mass is 325 g/mol. The second kappa shape index (κ2) is 5.36. The van der Waals surface area contributed by atoms with Crippen LogP contribution < -0.4 is 4.74 Å². The number of nitro benzene ring substituents is 1. The molecular formula is C13H9BrFNO3. The van der Waals surface area contributed by atoms with Gasteiger partial charge in [0.05, 0.1) is 9.40 Å². The molecule has 2 aromatic carbocycles. The van der Waals surface area contributed by atoms with Crippen LogP contribution in [-0.4, -0.2) is 4.92 Å². The molecule has 0 unspecified atom stereocenters. The summed E-state index contributed by atoms with van der Waals surface area (Å²) in [5.41, 5.74) is 0.639. The number of nitrogens with zero attached hydrogens (tertiary/aromatic N) is 1. The number of halogens is 2. The third-order valence-corrected chi connectivity index (χ3v) is 3.10. The first kappa shape index (κ1) is 13.5. The molecule has 6 heteroatoms. The number of rotatable bonds is 3. The van der Waals surface area contributed by atoms with Crippen LogP contribution in [0.25, 0.3) is 0 Å². The van der Waals surface area contributed by atoms with Crippen molar-refractivity contribution >= 4 is 21.6 Å². The van der Waals surface area contributed by atoms with E-state index in [4.69, 9.17) is 4.74 Å². The molecule has 98 valence electrons. The minimum absolute atomic E-state index is 0.00476. The van der Waals surface area contributed by atoms with E-state index in [-0.39, 0.29) is 11.5 Å². The lowest BCUT2D eigenvalue weighted by Gasteiger charge is -2.09. The molecule has 0 saturated carbocycles. The van der Waals surface area contributed by atoms with Crippen molar-refractivity contribution < 1.29 is 14.1 Å². The highest BCUT2D eigenvalue weighted by Crippen LogP contribution is 2.30. The third-order valence-electron chi connectivity index (χ3n) is 2.49. The number of nitro groups is 1. The fourth-order valence-electron chi connectivity index (χ4n) is 1.53. The van der Waals surface area contributed by atoms with E-state index in [1.54, 1.807) is 6.92 Å². The van der Waals surface area contributed by atoms with Gasteiger partial charge in [-0.1, -0.05) is 0 Å². The lowest BCUT2D eigenvalue weighted by molar-refractivity contribution is -0.384. The quantitative estimate of drug-likeness (QED) is 0.612. The number of non-ortho nitro benzene ring substituents is 1. The molecule has 0 amide bonds. The third kappa shape index (κ3) is 3.08. The Labute approximate surface area is 117 Å². The normalized spacial score (nSPS) is 10.3. The van der Waals surface area contributed by atoms with Crippen LogP contribution in [0.4, 0.5) is 10.1 Å². The van der Waals surface area contributed by atoms with E-state index in [0.29, 0.717) is 21.5 Å². The van der Waals surface area contributed by atoms with Gasteiger partial charge in [0, 0.05) is 12.1 Å². The molecule has 2 rings (SSSR count). The van der Waals surface area contributed by atoms with Crippen LogP contribution in [0.2, 0.25) is 0 Å². The van der Waals surface area contributed by atoms with E-state index in [1.165, 1.54) is 36.4 Å². The summed E-state index contributed by atoms with van der Waals surface area (Å²) in [6.45, 7) is 1.71. The smallest absolute Gasteiger partial charge is 0.269 e. The van der Waals surface area contributed by atoms with Crippen LogP contribution in [0, 0.1) is 22.9 Å². The number of ether oxygens (including phenoxy) is 1. The standard InChI is InChI=1S/C13H9BrFNO3/c1-8-6-9(16(17)18)2-5-13(8)19-10-3-4-12(15)11(14)7-10/h2-7H,1H3. The maximum atomic E-state index is 13.1. The Morgan fingerprint density at radius 3 is 2.58 bits per heavy atom. The van der Waals surface area contributed by atoms with Gasteiger partial charge in [-0.2, -0.15) is 0 Å². The summed E-state index contributed by atoms with van der Waals surface area (Å²) in [6.07, 6.45) is 0. The Balaban J connectivity index is 2.28. The number of hydrogen-bond donors (Lipinski definition) is 0. The Hall–Kier alpha value is -1.95. The zero-order valence-corrected chi connectivity index (χ0v) is 11.5. The van der Waals surface area contributed by atoms with Gasteiger partial charge in [-0.25, -0.2) is 4.39 Å². The van der Waals surface area contributed by atoms with Gasteiger partial charge in [-0.05, 0) is 52.7 Å². The topological polar surface area (TPSA) is 52.4 Å². The van der Waals surface area contributed by atoms with Gasteiger partial charge in [0.1, 0.15) is 17.3 Å². The molecule has 0 bridgehead atoms. The maximum absolute atomic E-state index is 13.1. The number of benzene rings is 2. The van der Waals surface area contributed by atoms with E-state index in [9.17, 15) is 14.5 Å². The fourth-order valence-corrected chi connectivity index (χ4v) is 1.89. The molecule has 0 fully saturated rings. The first-order valence-corrected chi connectivity index (χ1v) is 6.14. The summed E-state index contributed by atoms with van der Waals surface area (Å²) < 4.78 is 18.9. The minimum Gasteiger partial charge on any atom is -0.457 e. The second-order valence-electron chi connectivity index (χ2n) is 3.88. The number of aryl methyl sites for hydroxylation is 1. The average molecular weight is 326 g/mol. The molecule has 0 aliphatic heterocycles. The SMILES string of the molecule is Cc1cc([N+](=O)[O-])ccc1Oc1ccc(F)c(Br)c1. The summed E-state index contributed by atoms with van der Waals surface area (Å²) in [4.78, 5) is 10.2. The summed E-state index contributed by atoms with van der Waals surface area (Å²) in [7, 11) is 0. The first-order valence-electron chi connectivity index (χ1n) is 5.35. The minimum atomic E-state index is -0.467. The molecule has 0 aliphatic carbocycles. The lowest BCUT2D eigenvalue weighted by atomic mass is 10.2. The van der Waals surface area contributed by atoms with Gasteiger partial charge in [0.25, 0.3) is 5.69 Å². The van der Waals surface area contributed by atoms with Crippen LogP contribution in [0.1, 0.15) is 5.56 Å². The molecule has 4 nitrogen and oxygen atoms in total. The van der Waals surface area contributed by atoms with Crippen LogP contribution >= 0.6 is 15.9 Å². The van der Waals surface area contributed by atoms with E-state index in [2.05, 4.69) is 15.9 Å². The van der Waals surface area contributed by atoms with E-state index in [0.717, 1.165) is 0 Å². The maximum Gasteiger partial charge on any atom is 0.269 e. The van der Waals surface area contributed by atoms with Gasteiger partial charge in [0.2, 0.25) is 0 Å². The van der Waals surface area contributed by atoms with E-state index < -0.39 is 4.92 Å². The van der Waals surface area contributed by atoms with Gasteiger partial charge in [0.15, 0.2) is 0 Å². The fraction of sp³-hybridized carbons (Fsp3) is 0.0769. The van der Waals surface area contributed by atoms with Crippen molar-refractivity contribution in [2.45, 2.75) is 6.92 Å². The molecule has 0 aliphatic rings. The largest absolute Gasteiger partial charge is 0.457 e. The molecule has 0 radical (unpaired) electrons. The molecule has 0 atom stereocenters. The lowest BCUT2D eigenvalue weighted by Crippen LogP contribution is -1.92. The summed E-state index contributed by atoms with van der Waals surface area (Å²) in [5, 5.41) is 10.6. The second-order valence-corrected chi connectivity index (χ2v) is 4.74. The van der Waals surface area contributed by atoms with Gasteiger partial charge in [-0.3, -0.25) is 10.1 Å². The Morgan fingerprint density at radius 2 is 2.00 bits per heavy atom. The van der Waals surface area contributed by atoms with E-state index in [1.807, 2.05) is 0 Å². The van der Waals surface area contributed by atoms with E-state index >= 15 is 0 Å². The molecular weight excluding hydrogens is 317 g/mol. The number of hydrogen-bond acceptors (Lipinski definition) is 3. The van der Waals surface area contributed by atoms with Crippen molar-refractivity contribution in [3.05, 3.63) is 62.4 Å². The van der Waals surface area contributed by atoms with Crippen molar-refractivity contribution in [1.82, 2.24) is 0 Å². The van der Waals surface area contributed by atoms with Crippen LogP contribution in [0.3, 0.4) is 0 Å². The van der Waals surface area contributed by atoms with Crippen LogP contribution in [0.15, 0.2) is 40.9 Å². The van der Waals surface area contributed by atoms with Crippen LogP contribution in [-0.2, 0) is 0 Å². The predicted molar refractivity (Wildman–Crippen MR) is 72.0 cm³/mol. The summed E-state index contributed by atoms with van der Waals surface area (Å²) in [5.74, 6) is 0.558. The summed E-state index contributed by atoms with van der Waals surface area (Å²) >= 11 is 3.06. The molecule has 0 spiro atoms. The highest BCUT2D eigenvalue weighted by atomic mass is 79.9. The van der Waals surface area contributed by atoms with Crippen molar-refractivity contribution in [3.63, 3.8) is 0 Å². The molecule has 2 aromatic rings. The van der Waals surface area contributed by atoms with Crippen molar-refractivity contribution in [3.8, 4) is 11.5 Å². The molecule has 0 saturated heterocycles. The Kier molecular flexibility index (Phi) is 3.80. The molecule has 19 heavy (non-hydrogen) atoms. The first-order chi connectivity index (χ1) is 8.97. The summed E-state index contributed by atoms with van der Waals surface area (Å²) in [6, 6.07) is 8.57. The van der Waals surface area contributed by atoms with Crippen LogP contribution in [0.5, 0.6) is 11.5 Å². The predicted octanol–water partition coefficient (Wildman–Crippen LogP) is 4.60. The molecule has 0 heterocycles. The Bertz CT molecular complexity index is 646. The van der Waals surface area contributed by atoms with Gasteiger partial charge in [-0.15, -0.1) is 0 Å². The van der Waals surface area contributed by atoms with Gasteiger partial charge < -0.3 is 4.74 Å². The molecule has 0 aromatic heterocycles. The highest BCUT2D eigenvalue weighted by Gasteiger charge is 2.10.